The molecule has 0 spiro atoms. The number of nitriles is 1. The molecular formula is C54H31F6N5. The molecule has 314 valence electrons. The molecule has 0 bridgehead atoms. The maximum atomic E-state index is 14.1. The lowest BCUT2D eigenvalue weighted by Gasteiger charge is -2.21. The van der Waals surface area contributed by atoms with Crippen LogP contribution in [-0.2, 0) is 12.4 Å². The maximum absolute atomic E-state index is 14.1. The van der Waals surface area contributed by atoms with Crippen LogP contribution in [0.25, 0.3) is 95.0 Å². The molecular weight excluding hydrogens is 833 g/mol. The average Bonchev–Trinajstić information content (AvgIpc) is 3.66. The first-order chi connectivity index (χ1) is 31.4. The minimum atomic E-state index is -4.62. The van der Waals surface area contributed by atoms with Crippen molar-refractivity contribution in [2.75, 3.05) is 0 Å². The van der Waals surface area contributed by atoms with Crippen molar-refractivity contribution < 1.29 is 26.3 Å². The van der Waals surface area contributed by atoms with Crippen molar-refractivity contribution in [3.8, 4) is 79.3 Å². The Morgan fingerprint density at radius 2 is 0.831 bits per heavy atom. The summed E-state index contributed by atoms with van der Waals surface area (Å²) < 4.78 is 86.6. The van der Waals surface area contributed by atoms with E-state index in [1.165, 1.54) is 24.3 Å². The lowest BCUT2D eigenvalue weighted by atomic mass is 9.91. The molecule has 8 aromatic carbocycles. The van der Waals surface area contributed by atoms with E-state index in [9.17, 15) is 31.6 Å². The Morgan fingerprint density at radius 1 is 0.385 bits per heavy atom. The van der Waals surface area contributed by atoms with Crippen LogP contribution in [0.15, 0.2) is 188 Å². The van der Waals surface area contributed by atoms with Crippen molar-refractivity contribution in [2.24, 2.45) is 0 Å². The van der Waals surface area contributed by atoms with Crippen LogP contribution in [0.1, 0.15) is 16.7 Å². The minimum absolute atomic E-state index is 0.230. The Balaban J connectivity index is 1.32. The van der Waals surface area contributed by atoms with Crippen molar-refractivity contribution in [1.29, 1.82) is 5.26 Å². The van der Waals surface area contributed by atoms with Crippen molar-refractivity contribution in [3.05, 3.63) is 205 Å². The fourth-order valence-electron chi connectivity index (χ4n) is 8.27. The molecule has 2 aromatic heterocycles. The number of halogens is 6. The summed E-state index contributed by atoms with van der Waals surface area (Å²) >= 11 is 0. The van der Waals surface area contributed by atoms with E-state index < -0.39 is 23.5 Å². The van der Waals surface area contributed by atoms with Gasteiger partial charge in [-0.25, -0.2) is 15.0 Å². The first-order valence-corrected chi connectivity index (χ1v) is 20.4. The van der Waals surface area contributed by atoms with Crippen LogP contribution in [0.4, 0.5) is 26.3 Å². The topological polar surface area (TPSA) is 67.4 Å². The van der Waals surface area contributed by atoms with E-state index in [1.54, 1.807) is 12.1 Å². The second-order valence-electron chi connectivity index (χ2n) is 15.4. The Hall–Kier alpha value is -8.36. The second kappa shape index (κ2) is 16.1. The normalized spacial score (nSPS) is 11.8. The fraction of sp³-hybridized carbons (Fsp3) is 0.0370. The molecule has 0 aliphatic heterocycles. The van der Waals surface area contributed by atoms with Gasteiger partial charge in [-0.05, 0) is 82.9 Å². The summed E-state index contributed by atoms with van der Waals surface area (Å²) in [6.45, 7) is 0. The predicted octanol–water partition coefficient (Wildman–Crippen LogP) is 14.9. The number of aromatic nitrogens is 4. The van der Waals surface area contributed by atoms with Gasteiger partial charge in [-0.3, -0.25) is 0 Å². The molecule has 0 aliphatic rings. The van der Waals surface area contributed by atoms with E-state index in [1.807, 2.05) is 132 Å². The summed E-state index contributed by atoms with van der Waals surface area (Å²) in [5, 5.41) is 11.6. The highest BCUT2D eigenvalue weighted by Gasteiger charge is 2.32. The van der Waals surface area contributed by atoms with Gasteiger partial charge in [0.25, 0.3) is 0 Å². The summed E-state index contributed by atoms with van der Waals surface area (Å²) in [6.07, 6.45) is -9.23. The standard InChI is InChI=1S/C54H31F6N5/c55-53(56,57)40-24-19-33(20-25-40)44-30-39(52-63-50(35-11-3-1-4-12-35)62-51(64-52)36-13-5-2-6-14-36)31-45(34-21-26-41(27-22-34)54(58,59)60)49(44)65-47-18-10-9-17-43(47)46-29-37(23-28-48(46)65)42-16-8-7-15-38(42)32-61/h1-31H. The van der Waals surface area contributed by atoms with Crippen LogP contribution in [0.5, 0.6) is 0 Å². The van der Waals surface area contributed by atoms with Gasteiger partial charge in [0.15, 0.2) is 17.5 Å². The van der Waals surface area contributed by atoms with Gasteiger partial charge in [-0.2, -0.15) is 31.6 Å². The number of hydrogen-bond donors (Lipinski definition) is 0. The molecule has 2 heterocycles. The molecule has 10 aromatic rings. The van der Waals surface area contributed by atoms with Crippen LogP contribution in [0, 0.1) is 11.3 Å². The van der Waals surface area contributed by atoms with Crippen LogP contribution in [0.2, 0.25) is 0 Å². The lowest BCUT2D eigenvalue weighted by molar-refractivity contribution is -0.138. The minimum Gasteiger partial charge on any atom is -0.308 e. The fourth-order valence-corrected chi connectivity index (χ4v) is 8.27. The quantitative estimate of drug-likeness (QED) is 0.150. The molecule has 0 saturated carbocycles. The van der Waals surface area contributed by atoms with Crippen LogP contribution in [-0.4, -0.2) is 19.5 Å². The third-order valence-corrected chi connectivity index (χ3v) is 11.4. The van der Waals surface area contributed by atoms with Crippen LogP contribution in [0.3, 0.4) is 0 Å². The molecule has 65 heavy (non-hydrogen) atoms. The highest BCUT2D eigenvalue weighted by molar-refractivity contribution is 6.12. The molecule has 0 atom stereocenters. The number of nitrogens with zero attached hydrogens (tertiary/aromatic N) is 5. The second-order valence-corrected chi connectivity index (χ2v) is 15.4. The summed E-state index contributed by atoms with van der Waals surface area (Å²) in [5.74, 6) is 0.956. The molecule has 0 N–H and O–H groups in total. The van der Waals surface area contributed by atoms with Gasteiger partial charge < -0.3 is 4.57 Å². The third-order valence-electron chi connectivity index (χ3n) is 11.4. The Morgan fingerprint density at radius 3 is 1.35 bits per heavy atom. The number of hydrogen-bond acceptors (Lipinski definition) is 4. The van der Waals surface area contributed by atoms with Crippen molar-refractivity contribution in [3.63, 3.8) is 0 Å². The van der Waals surface area contributed by atoms with E-state index in [0.717, 1.165) is 51.7 Å². The molecule has 0 amide bonds. The van der Waals surface area contributed by atoms with Crippen molar-refractivity contribution >= 4 is 21.8 Å². The van der Waals surface area contributed by atoms with E-state index in [0.29, 0.717) is 67.4 Å². The molecule has 10 rings (SSSR count). The summed E-state index contributed by atoms with van der Waals surface area (Å²) in [6, 6.07) is 54.9. The third kappa shape index (κ3) is 7.65. The van der Waals surface area contributed by atoms with Crippen LogP contribution < -0.4 is 0 Å². The molecule has 5 nitrogen and oxygen atoms in total. The molecule has 0 aliphatic carbocycles. The zero-order chi connectivity index (χ0) is 44.9. The smallest absolute Gasteiger partial charge is 0.308 e. The van der Waals surface area contributed by atoms with Gasteiger partial charge in [-0.15, -0.1) is 0 Å². The van der Waals surface area contributed by atoms with E-state index in [-0.39, 0.29) is 5.82 Å². The molecule has 0 fully saturated rings. The maximum Gasteiger partial charge on any atom is 0.416 e. The van der Waals surface area contributed by atoms with Crippen molar-refractivity contribution in [1.82, 2.24) is 19.5 Å². The van der Waals surface area contributed by atoms with Gasteiger partial charge in [0.1, 0.15) is 0 Å². The number of fused-ring (bicyclic) bond motifs is 3. The van der Waals surface area contributed by atoms with E-state index >= 15 is 0 Å². The molecule has 11 heteroatoms. The zero-order valence-electron chi connectivity index (χ0n) is 33.9. The molecule has 0 unspecified atom stereocenters. The summed E-state index contributed by atoms with van der Waals surface area (Å²) in [7, 11) is 0. The van der Waals surface area contributed by atoms with Crippen molar-refractivity contribution in [2.45, 2.75) is 12.4 Å². The first-order valence-electron chi connectivity index (χ1n) is 20.4. The highest BCUT2D eigenvalue weighted by Crippen LogP contribution is 2.45. The van der Waals surface area contributed by atoms with Crippen LogP contribution >= 0.6 is 0 Å². The number of para-hydroxylation sites is 1. The molecule has 0 saturated heterocycles. The monoisotopic (exact) mass is 863 g/mol. The first kappa shape index (κ1) is 40.7. The van der Waals surface area contributed by atoms with Gasteiger partial charge in [-0.1, -0.05) is 127 Å². The van der Waals surface area contributed by atoms with Gasteiger partial charge in [0.2, 0.25) is 0 Å². The lowest BCUT2D eigenvalue weighted by Crippen LogP contribution is -2.06. The number of alkyl halides is 6. The summed E-state index contributed by atoms with van der Waals surface area (Å²) in [5.41, 5.74) is 5.79. The molecule has 0 radical (unpaired) electrons. The zero-order valence-corrected chi connectivity index (χ0v) is 33.9. The Bertz CT molecular complexity index is 3310. The highest BCUT2D eigenvalue weighted by atomic mass is 19.4. The van der Waals surface area contributed by atoms with Gasteiger partial charge >= 0.3 is 12.4 Å². The summed E-state index contributed by atoms with van der Waals surface area (Å²) in [4.78, 5) is 14.7. The van der Waals surface area contributed by atoms with Gasteiger partial charge in [0.05, 0.1) is 39.5 Å². The Kier molecular flexibility index (Phi) is 10.1. The predicted molar refractivity (Wildman–Crippen MR) is 242 cm³/mol. The number of benzene rings is 8. The van der Waals surface area contributed by atoms with E-state index in [2.05, 4.69) is 6.07 Å². The Labute approximate surface area is 368 Å². The SMILES string of the molecule is N#Cc1ccccc1-c1ccc2c(c1)c1ccccc1n2-c1c(-c2ccc(C(F)(F)F)cc2)cc(-c2nc(-c3ccccc3)nc(-c3ccccc3)n2)cc1-c1ccc(C(F)(F)F)cc1. The number of rotatable bonds is 7. The van der Waals surface area contributed by atoms with E-state index in [4.69, 9.17) is 15.0 Å². The average molecular weight is 864 g/mol. The largest absolute Gasteiger partial charge is 0.416 e. The van der Waals surface area contributed by atoms with Gasteiger partial charge in [0, 0.05) is 38.6 Å².